The van der Waals surface area contributed by atoms with E-state index in [0.29, 0.717) is 31.8 Å². The van der Waals surface area contributed by atoms with E-state index in [1.54, 1.807) is 10.8 Å². The summed E-state index contributed by atoms with van der Waals surface area (Å²) in [6.07, 6.45) is 3.90. The van der Waals surface area contributed by atoms with Crippen LogP contribution in [0.3, 0.4) is 0 Å². The molecule has 1 fully saturated rings. The molecular weight excluding hydrogens is 498 g/mol. The highest BCUT2D eigenvalue weighted by atomic mass is 32.2. The summed E-state index contributed by atoms with van der Waals surface area (Å²) in [4.78, 5) is 19.7. The first-order valence-corrected chi connectivity index (χ1v) is 14.9. The molecule has 2 aromatic carbocycles. The number of amides is 1. The van der Waals surface area contributed by atoms with Crippen molar-refractivity contribution >= 4 is 15.7 Å². The monoisotopic (exact) mass is 537 g/mol. The van der Waals surface area contributed by atoms with E-state index in [1.165, 1.54) is 0 Å². The van der Waals surface area contributed by atoms with E-state index in [0.717, 1.165) is 29.5 Å². The van der Waals surface area contributed by atoms with Gasteiger partial charge in [-0.2, -0.15) is 0 Å². The van der Waals surface area contributed by atoms with E-state index in [1.807, 2.05) is 87.2 Å². The first-order valence-electron chi connectivity index (χ1n) is 13.3. The van der Waals surface area contributed by atoms with Crippen molar-refractivity contribution in [2.24, 2.45) is 5.41 Å². The number of imidazole rings is 1. The number of rotatable bonds is 10. The Morgan fingerprint density at radius 1 is 1.11 bits per heavy atom. The van der Waals surface area contributed by atoms with E-state index >= 15 is 0 Å². The number of aryl methyl sites for hydroxylation is 1. The summed E-state index contributed by atoms with van der Waals surface area (Å²) in [7, 11) is -3.75. The maximum atomic E-state index is 13.7. The van der Waals surface area contributed by atoms with Gasteiger partial charge >= 0.3 is 0 Å². The molecule has 1 aliphatic heterocycles. The van der Waals surface area contributed by atoms with Crippen molar-refractivity contribution in [3.63, 3.8) is 0 Å². The third-order valence-electron chi connectivity index (χ3n) is 6.81. The lowest BCUT2D eigenvalue weighted by molar-refractivity contribution is -0.135. The van der Waals surface area contributed by atoms with Gasteiger partial charge < -0.3 is 14.2 Å². The average Bonchev–Trinajstić information content (AvgIpc) is 3.50. The van der Waals surface area contributed by atoms with Crippen molar-refractivity contribution in [2.75, 3.05) is 13.2 Å². The zero-order valence-corrected chi connectivity index (χ0v) is 23.7. The minimum atomic E-state index is -3.75. The molecule has 7 nitrogen and oxygen atoms in total. The van der Waals surface area contributed by atoms with Gasteiger partial charge in [-0.1, -0.05) is 75.4 Å². The number of hydrogen-bond donors (Lipinski definition) is 0. The molecule has 38 heavy (non-hydrogen) atoms. The molecule has 1 amide bonds. The van der Waals surface area contributed by atoms with Gasteiger partial charge in [-0.05, 0) is 41.9 Å². The second-order valence-electron chi connectivity index (χ2n) is 11.4. The normalized spacial score (nSPS) is 16.1. The lowest BCUT2D eigenvalue weighted by atomic mass is 9.91. The molecule has 4 rings (SSSR count). The standard InChI is InChI=1S/C30H39N3O4S/c1-23-11-8-9-14-25(23)22-38(35,36)29-31-18-26(33(29)19-24-12-6-5-7-13-24)20-32(21-27-15-10-16-37-27)28(34)17-30(2,3)4/h5-9,11-14,18,27H,10,15-17,19-22H2,1-4H3/t27-/m1/s1. The zero-order valence-electron chi connectivity index (χ0n) is 22.9. The van der Waals surface area contributed by atoms with Crippen LogP contribution in [0.25, 0.3) is 0 Å². The van der Waals surface area contributed by atoms with E-state index < -0.39 is 9.84 Å². The highest BCUT2D eigenvalue weighted by molar-refractivity contribution is 7.90. The van der Waals surface area contributed by atoms with E-state index in [9.17, 15) is 13.2 Å². The second-order valence-corrected chi connectivity index (χ2v) is 13.3. The summed E-state index contributed by atoms with van der Waals surface area (Å²) >= 11 is 0. The molecule has 0 radical (unpaired) electrons. The van der Waals surface area contributed by atoms with Gasteiger partial charge in [-0.3, -0.25) is 4.79 Å². The number of nitrogens with zero attached hydrogens (tertiary/aromatic N) is 3. The third kappa shape index (κ3) is 7.32. The van der Waals surface area contributed by atoms with Crippen LogP contribution in [0, 0.1) is 12.3 Å². The quantitative estimate of drug-likeness (QED) is 0.357. The minimum Gasteiger partial charge on any atom is -0.376 e. The number of aromatic nitrogens is 2. The molecule has 0 aliphatic carbocycles. The Hall–Kier alpha value is -2.97. The number of carbonyl (C=O) groups is 1. The molecule has 2 heterocycles. The lowest BCUT2D eigenvalue weighted by Gasteiger charge is -2.29. The van der Waals surface area contributed by atoms with Crippen molar-refractivity contribution in [3.05, 3.63) is 83.2 Å². The fraction of sp³-hybridized carbons (Fsp3) is 0.467. The fourth-order valence-corrected chi connectivity index (χ4v) is 6.39. The minimum absolute atomic E-state index is 0.00586. The van der Waals surface area contributed by atoms with Crippen LogP contribution in [0.2, 0.25) is 0 Å². The molecular formula is C30H39N3O4S. The topological polar surface area (TPSA) is 81.5 Å². The number of carbonyl (C=O) groups excluding carboxylic acids is 1. The highest BCUT2D eigenvalue weighted by Crippen LogP contribution is 2.25. The molecule has 1 saturated heterocycles. The zero-order chi connectivity index (χ0) is 27.3. The molecule has 0 saturated carbocycles. The Morgan fingerprint density at radius 2 is 1.82 bits per heavy atom. The average molecular weight is 538 g/mol. The predicted octanol–water partition coefficient (Wildman–Crippen LogP) is 5.16. The van der Waals surface area contributed by atoms with E-state index in [4.69, 9.17) is 4.74 Å². The van der Waals surface area contributed by atoms with Gasteiger partial charge in [0.25, 0.3) is 0 Å². The van der Waals surface area contributed by atoms with Crippen LogP contribution >= 0.6 is 0 Å². The molecule has 204 valence electrons. The summed E-state index contributed by atoms with van der Waals surface area (Å²) < 4.78 is 35.0. The maximum absolute atomic E-state index is 13.7. The van der Waals surface area contributed by atoms with Crippen LogP contribution in [0.1, 0.15) is 62.4 Å². The number of benzene rings is 2. The first kappa shape index (κ1) is 28.0. The second kappa shape index (κ2) is 11.8. The van der Waals surface area contributed by atoms with Crippen molar-refractivity contribution in [1.29, 1.82) is 0 Å². The van der Waals surface area contributed by atoms with Crippen molar-refractivity contribution in [2.45, 2.75) is 77.1 Å². The predicted molar refractivity (Wildman–Crippen MR) is 148 cm³/mol. The largest absolute Gasteiger partial charge is 0.376 e. The van der Waals surface area contributed by atoms with Crippen molar-refractivity contribution in [1.82, 2.24) is 14.5 Å². The van der Waals surface area contributed by atoms with Gasteiger partial charge in [-0.15, -0.1) is 0 Å². The maximum Gasteiger partial charge on any atom is 0.228 e. The van der Waals surface area contributed by atoms with Gasteiger partial charge in [0.15, 0.2) is 0 Å². The fourth-order valence-electron chi connectivity index (χ4n) is 4.79. The van der Waals surface area contributed by atoms with Gasteiger partial charge in [-0.25, -0.2) is 13.4 Å². The Labute approximate surface area is 226 Å². The van der Waals surface area contributed by atoms with Crippen LogP contribution < -0.4 is 0 Å². The summed E-state index contributed by atoms with van der Waals surface area (Å²) in [6.45, 7) is 9.86. The molecule has 1 aliphatic rings. The van der Waals surface area contributed by atoms with Crippen LogP contribution in [-0.2, 0) is 38.2 Å². The Bertz CT molecular complexity index is 1340. The molecule has 0 bridgehead atoms. The Morgan fingerprint density at radius 3 is 2.47 bits per heavy atom. The molecule has 8 heteroatoms. The van der Waals surface area contributed by atoms with Gasteiger partial charge in [0.05, 0.1) is 36.8 Å². The Kier molecular flexibility index (Phi) is 8.73. The van der Waals surface area contributed by atoms with Crippen molar-refractivity contribution in [3.8, 4) is 0 Å². The smallest absolute Gasteiger partial charge is 0.228 e. The van der Waals surface area contributed by atoms with Gasteiger partial charge in [0.2, 0.25) is 20.9 Å². The van der Waals surface area contributed by atoms with E-state index in [-0.39, 0.29) is 34.9 Å². The molecule has 1 aromatic heterocycles. The number of ether oxygens (including phenoxy) is 1. The molecule has 3 aromatic rings. The van der Waals surface area contributed by atoms with Crippen molar-refractivity contribution < 1.29 is 17.9 Å². The summed E-state index contributed by atoms with van der Waals surface area (Å²) in [5.74, 6) is -0.0992. The SMILES string of the molecule is Cc1ccccc1CS(=O)(=O)c1ncc(CN(C[C@H]2CCCO2)C(=O)CC(C)(C)C)n1Cc1ccccc1. The first-order chi connectivity index (χ1) is 18.0. The van der Waals surface area contributed by atoms with Crippen LogP contribution in [0.5, 0.6) is 0 Å². The molecule has 0 N–H and O–H groups in total. The van der Waals surface area contributed by atoms with E-state index in [2.05, 4.69) is 4.98 Å². The summed E-state index contributed by atoms with van der Waals surface area (Å²) in [5, 5.41) is 0.0277. The van der Waals surface area contributed by atoms with Crippen LogP contribution in [0.15, 0.2) is 66.0 Å². The summed E-state index contributed by atoms with van der Waals surface area (Å²) in [6, 6.07) is 17.2. The number of sulfone groups is 1. The van der Waals surface area contributed by atoms with Gasteiger partial charge in [0, 0.05) is 19.6 Å². The lowest BCUT2D eigenvalue weighted by Crippen LogP contribution is -2.39. The Balaban J connectivity index is 1.69. The van der Waals surface area contributed by atoms with Gasteiger partial charge in [0.1, 0.15) is 0 Å². The number of hydrogen-bond acceptors (Lipinski definition) is 5. The molecule has 0 unspecified atom stereocenters. The van der Waals surface area contributed by atoms with Crippen LogP contribution in [0.4, 0.5) is 0 Å². The molecule has 0 spiro atoms. The highest BCUT2D eigenvalue weighted by Gasteiger charge is 2.29. The summed E-state index contributed by atoms with van der Waals surface area (Å²) in [5.41, 5.74) is 3.16. The molecule has 1 atom stereocenters. The third-order valence-corrected chi connectivity index (χ3v) is 8.38. The van der Waals surface area contributed by atoms with Crippen LogP contribution in [-0.4, -0.2) is 48.0 Å².